The minimum absolute atomic E-state index is 0.146. The quantitative estimate of drug-likeness (QED) is 0.524. The molecule has 2 rings (SSSR count). The molecule has 7 nitrogen and oxygen atoms in total. The van der Waals surface area contributed by atoms with E-state index in [1.807, 2.05) is 26.0 Å². The van der Waals surface area contributed by atoms with Crippen LogP contribution in [0.3, 0.4) is 0 Å². The molecule has 0 fully saturated rings. The van der Waals surface area contributed by atoms with E-state index in [1.165, 1.54) is 16.4 Å². The molecule has 0 aromatic heterocycles. The van der Waals surface area contributed by atoms with Crippen LogP contribution in [0.2, 0.25) is 0 Å². The van der Waals surface area contributed by atoms with Crippen molar-refractivity contribution in [3.05, 3.63) is 54.1 Å². The summed E-state index contributed by atoms with van der Waals surface area (Å²) in [5.74, 6) is 0.468. The predicted molar refractivity (Wildman–Crippen MR) is 127 cm³/mol. The first-order valence-electron chi connectivity index (χ1n) is 10.1. The maximum absolute atomic E-state index is 12.8. The second-order valence-corrected chi connectivity index (χ2v) is 9.30. The maximum Gasteiger partial charge on any atom is 0.243 e. The molecular formula is C22H29N3O4S2. The Hall–Kier alpha value is -2.49. The minimum Gasteiger partial charge on any atom is -0.497 e. The van der Waals surface area contributed by atoms with Gasteiger partial charge in [0.15, 0.2) is 5.11 Å². The van der Waals surface area contributed by atoms with Crippen molar-refractivity contribution in [2.45, 2.75) is 38.0 Å². The zero-order chi connectivity index (χ0) is 22.9. The molecule has 0 aliphatic heterocycles. The monoisotopic (exact) mass is 463 g/mol. The normalized spacial score (nSPS) is 11.2. The first kappa shape index (κ1) is 24.8. The SMILES string of the molecule is CCCN(CCC)S(=O)(=O)c1ccc(NC(=S)NC(=O)Cc2ccc(OC)cc2)cc1. The lowest BCUT2D eigenvalue weighted by Crippen LogP contribution is -2.35. The fourth-order valence-electron chi connectivity index (χ4n) is 2.97. The van der Waals surface area contributed by atoms with Crippen LogP contribution >= 0.6 is 12.2 Å². The van der Waals surface area contributed by atoms with Crippen molar-refractivity contribution < 1.29 is 17.9 Å². The third-order valence-corrected chi connectivity index (χ3v) is 6.59. The third kappa shape index (κ3) is 7.30. The summed E-state index contributed by atoms with van der Waals surface area (Å²) in [6.07, 6.45) is 1.68. The summed E-state index contributed by atoms with van der Waals surface area (Å²) in [5.41, 5.74) is 1.42. The lowest BCUT2D eigenvalue weighted by Gasteiger charge is -2.21. The van der Waals surface area contributed by atoms with Crippen LogP contribution < -0.4 is 15.4 Å². The number of ether oxygens (including phenoxy) is 1. The van der Waals surface area contributed by atoms with Crippen LogP contribution in [0.5, 0.6) is 5.75 Å². The van der Waals surface area contributed by atoms with E-state index in [9.17, 15) is 13.2 Å². The molecule has 0 saturated heterocycles. The number of amides is 1. The Morgan fingerprint density at radius 1 is 1.00 bits per heavy atom. The molecule has 9 heteroatoms. The summed E-state index contributed by atoms with van der Waals surface area (Å²) in [5, 5.41) is 5.68. The van der Waals surface area contributed by atoms with Gasteiger partial charge in [0.25, 0.3) is 0 Å². The van der Waals surface area contributed by atoms with Gasteiger partial charge in [0, 0.05) is 18.8 Å². The van der Waals surface area contributed by atoms with Gasteiger partial charge < -0.3 is 15.4 Å². The second-order valence-electron chi connectivity index (χ2n) is 6.96. The van der Waals surface area contributed by atoms with E-state index < -0.39 is 10.0 Å². The van der Waals surface area contributed by atoms with Gasteiger partial charge >= 0.3 is 0 Å². The molecule has 2 aromatic rings. The molecule has 0 atom stereocenters. The number of hydrogen-bond acceptors (Lipinski definition) is 5. The number of anilines is 1. The maximum atomic E-state index is 12.8. The summed E-state index contributed by atoms with van der Waals surface area (Å²) in [7, 11) is -1.95. The van der Waals surface area contributed by atoms with Crippen LogP contribution in [0.4, 0.5) is 5.69 Å². The fourth-order valence-corrected chi connectivity index (χ4v) is 4.83. The van der Waals surface area contributed by atoms with Crippen LogP contribution in [0, 0.1) is 0 Å². The van der Waals surface area contributed by atoms with Crippen LogP contribution in [-0.2, 0) is 21.2 Å². The van der Waals surface area contributed by atoms with Crippen LogP contribution in [0.25, 0.3) is 0 Å². The van der Waals surface area contributed by atoms with Crippen molar-refractivity contribution in [1.82, 2.24) is 9.62 Å². The number of nitrogens with zero attached hydrogens (tertiary/aromatic N) is 1. The van der Waals surface area contributed by atoms with Crippen molar-refractivity contribution in [3.63, 3.8) is 0 Å². The molecule has 1 amide bonds. The van der Waals surface area contributed by atoms with Crippen LogP contribution in [0.1, 0.15) is 32.3 Å². The highest BCUT2D eigenvalue weighted by atomic mass is 32.2. The zero-order valence-electron chi connectivity index (χ0n) is 18.1. The number of sulfonamides is 1. The molecule has 0 radical (unpaired) electrons. The molecule has 31 heavy (non-hydrogen) atoms. The molecular weight excluding hydrogens is 434 g/mol. The number of methoxy groups -OCH3 is 1. The molecule has 0 heterocycles. The average molecular weight is 464 g/mol. The van der Waals surface area contributed by atoms with Gasteiger partial charge in [-0.25, -0.2) is 8.42 Å². The molecule has 0 bridgehead atoms. The predicted octanol–water partition coefficient (Wildman–Crippen LogP) is 3.56. The first-order valence-corrected chi connectivity index (χ1v) is 12.0. The molecule has 0 saturated carbocycles. The van der Waals surface area contributed by atoms with Crippen LogP contribution in [-0.4, -0.2) is 43.9 Å². The van der Waals surface area contributed by atoms with Gasteiger partial charge in [-0.05, 0) is 67.0 Å². The molecule has 0 aliphatic carbocycles. The van der Waals surface area contributed by atoms with E-state index in [1.54, 1.807) is 31.4 Å². The highest BCUT2D eigenvalue weighted by Gasteiger charge is 2.22. The standard InChI is InChI=1S/C22H29N3O4S2/c1-4-14-25(15-5-2)31(27,28)20-12-8-18(9-13-20)23-22(30)24-21(26)16-17-6-10-19(29-3)11-7-17/h6-13H,4-5,14-16H2,1-3H3,(H2,23,24,26,30). The van der Waals surface area contributed by atoms with Gasteiger partial charge in [0.2, 0.25) is 15.9 Å². The number of nitrogens with one attached hydrogen (secondary N) is 2. The topological polar surface area (TPSA) is 87.7 Å². The first-order chi connectivity index (χ1) is 14.8. The van der Waals surface area contributed by atoms with E-state index >= 15 is 0 Å². The van der Waals surface area contributed by atoms with Gasteiger partial charge in [-0.2, -0.15) is 4.31 Å². The van der Waals surface area contributed by atoms with E-state index in [2.05, 4.69) is 10.6 Å². The smallest absolute Gasteiger partial charge is 0.243 e. The Kier molecular flexibility index (Phi) is 9.42. The second kappa shape index (κ2) is 11.8. The average Bonchev–Trinajstić information content (AvgIpc) is 2.74. The summed E-state index contributed by atoms with van der Waals surface area (Å²) in [4.78, 5) is 12.4. The fraction of sp³-hybridized carbons (Fsp3) is 0.364. The highest BCUT2D eigenvalue weighted by molar-refractivity contribution is 7.89. The third-order valence-electron chi connectivity index (χ3n) is 4.47. The Labute approximate surface area is 189 Å². The number of rotatable bonds is 10. The molecule has 168 valence electrons. The van der Waals surface area contributed by atoms with Crippen LogP contribution in [0.15, 0.2) is 53.4 Å². The molecule has 0 aliphatic rings. The van der Waals surface area contributed by atoms with Crippen molar-refractivity contribution in [2.75, 3.05) is 25.5 Å². The summed E-state index contributed by atoms with van der Waals surface area (Å²) in [6.45, 7) is 4.88. The van der Waals surface area contributed by atoms with Crippen molar-refractivity contribution in [3.8, 4) is 5.75 Å². The largest absolute Gasteiger partial charge is 0.497 e. The van der Waals surface area contributed by atoms with Gasteiger partial charge in [-0.15, -0.1) is 0 Å². The van der Waals surface area contributed by atoms with Gasteiger partial charge in [-0.1, -0.05) is 26.0 Å². The van der Waals surface area contributed by atoms with E-state index in [4.69, 9.17) is 17.0 Å². The van der Waals surface area contributed by atoms with Crippen molar-refractivity contribution >= 4 is 38.9 Å². The van der Waals surface area contributed by atoms with Crippen molar-refractivity contribution in [1.29, 1.82) is 0 Å². The molecule has 2 aromatic carbocycles. The van der Waals surface area contributed by atoms with E-state index in [-0.39, 0.29) is 22.3 Å². The Morgan fingerprint density at radius 3 is 2.10 bits per heavy atom. The summed E-state index contributed by atoms with van der Waals surface area (Å²) >= 11 is 5.20. The summed E-state index contributed by atoms with van der Waals surface area (Å²) in [6, 6.07) is 13.5. The van der Waals surface area contributed by atoms with Gasteiger partial charge in [0.1, 0.15) is 5.75 Å². The van der Waals surface area contributed by atoms with Gasteiger partial charge in [-0.3, -0.25) is 4.79 Å². The lowest BCUT2D eigenvalue weighted by molar-refractivity contribution is -0.119. The molecule has 0 spiro atoms. The Morgan fingerprint density at radius 2 is 1.58 bits per heavy atom. The van der Waals surface area contributed by atoms with E-state index in [0.717, 1.165) is 24.2 Å². The summed E-state index contributed by atoms with van der Waals surface area (Å²) < 4.78 is 32.2. The van der Waals surface area contributed by atoms with Crippen molar-refractivity contribution in [2.24, 2.45) is 0 Å². The highest BCUT2D eigenvalue weighted by Crippen LogP contribution is 2.19. The Bertz CT molecular complexity index is 969. The number of thiocarbonyl (C=S) groups is 1. The number of benzene rings is 2. The number of hydrogen-bond donors (Lipinski definition) is 2. The van der Waals surface area contributed by atoms with Gasteiger partial charge in [0.05, 0.1) is 18.4 Å². The minimum atomic E-state index is -3.54. The Balaban J connectivity index is 1.95. The van der Waals surface area contributed by atoms with E-state index in [0.29, 0.717) is 18.8 Å². The molecule has 0 unspecified atom stereocenters. The molecule has 2 N–H and O–H groups in total. The number of carbonyl (C=O) groups is 1. The number of carbonyl (C=O) groups excluding carboxylic acids is 1. The lowest BCUT2D eigenvalue weighted by atomic mass is 10.1. The zero-order valence-corrected chi connectivity index (χ0v) is 19.7.